The summed E-state index contributed by atoms with van der Waals surface area (Å²) in [7, 11) is -2.11. The zero-order valence-electron chi connectivity index (χ0n) is 11.6. The van der Waals surface area contributed by atoms with Crippen LogP contribution < -0.4 is 9.47 Å². The Morgan fingerprint density at radius 2 is 2.10 bits per heavy atom. The Labute approximate surface area is 127 Å². The van der Waals surface area contributed by atoms with Crippen LogP contribution in [-0.2, 0) is 10.0 Å². The zero-order chi connectivity index (χ0) is 15.3. The first-order valence-electron chi connectivity index (χ1n) is 6.21. The Morgan fingerprint density at radius 1 is 1.29 bits per heavy atom. The van der Waals surface area contributed by atoms with Crippen molar-refractivity contribution in [2.24, 2.45) is 4.40 Å². The Morgan fingerprint density at radius 3 is 2.71 bits per heavy atom. The van der Waals surface area contributed by atoms with Crippen molar-refractivity contribution in [3.8, 4) is 11.5 Å². The molecule has 112 valence electrons. The molecule has 2 rings (SSSR count). The highest BCUT2D eigenvalue weighted by atomic mass is 32.2. The largest absolute Gasteiger partial charge is 0.493 e. The first-order valence-corrected chi connectivity index (χ1v) is 8.53. The Bertz CT molecular complexity index is 721. The van der Waals surface area contributed by atoms with E-state index in [-0.39, 0.29) is 4.21 Å². The molecule has 21 heavy (non-hydrogen) atoms. The maximum Gasteiger partial charge on any atom is 0.291 e. The number of hydrogen-bond donors (Lipinski definition) is 0. The van der Waals surface area contributed by atoms with Gasteiger partial charge in [-0.2, -0.15) is 12.8 Å². The topological polar surface area (TPSA) is 65.0 Å². The summed E-state index contributed by atoms with van der Waals surface area (Å²) in [4.78, 5) is 0. The molecule has 0 saturated carbocycles. The van der Waals surface area contributed by atoms with Gasteiger partial charge in [0.05, 0.1) is 13.7 Å². The normalized spacial score (nSPS) is 11.7. The highest BCUT2D eigenvalue weighted by Crippen LogP contribution is 2.27. The van der Waals surface area contributed by atoms with E-state index in [4.69, 9.17) is 9.47 Å². The number of nitrogens with zero attached hydrogens (tertiary/aromatic N) is 1. The molecule has 0 atom stereocenters. The quantitative estimate of drug-likeness (QED) is 0.766. The molecular formula is C14H15NO4S2. The van der Waals surface area contributed by atoms with Crippen LogP contribution in [0.25, 0.3) is 0 Å². The van der Waals surface area contributed by atoms with Crippen LogP contribution in [0.5, 0.6) is 11.5 Å². The Kier molecular flexibility index (Phi) is 4.98. The third kappa shape index (κ3) is 3.83. The van der Waals surface area contributed by atoms with Gasteiger partial charge in [0.1, 0.15) is 4.21 Å². The number of sulfonamides is 1. The van der Waals surface area contributed by atoms with Crippen LogP contribution in [0.4, 0.5) is 0 Å². The van der Waals surface area contributed by atoms with Crippen molar-refractivity contribution < 1.29 is 17.9 Å². The second kappa shape index (κ2) is 6.73. The van der Waals surface area contributed by atoms with Gasteiger partial charge in [0.15, 0.2) is 11.5 Å². The summed E-state index contributed by atoms with van der Waals surface area (Å²) in [5.74, 6) is 1.15. The lowest BCUT2D eigenvalue weighted by atomic mass is 10.2. The summed E-state index contributed by atoms with van der Waals surface area (Å²) < 4.78 is 38.4. The van der Waals surface area contributed by atoms with Gasteiger partial charge in [-0.15, -0.1) is 11.3 Å². The zero-order valence-corrected chi connectivity index (χ0v) is 13.3. The van der Waals surface area contributed by atoms with Crippen molar-refractivity contribution in [3.05, 3.63) is 41.3 Å². The molecule has 1 aromatic heterocycles. The molecule has 0 saturated heterocycles. The van der Waals surface area contributed by atoms with E-state index in [1.165, 1.54) is 19.4 Å². The van der Waals surface area contributed by atoms with Gasteiger partial charge in [-0.1, -0.05) is 6.07 Å². The molecule has 0 amide bonds. The molecule has 0 radical (unpaired) electrons. The van der Waals surface area contributed by atoms with Crippen LogP contribution in [0, 0.1) is 0 Å². The van der Waals surface area contributed by atoms with Crippen LogP contribution in [0.2, 0.25) is 0 Å². The average Bonchev–Trinajstić information content (AvgIpc) is 3.01. The summed E-state index contributed by atoms with van der Waals surface area (Å²) in [6, 6.07) is 8.32. The van der Waals surface area contributed by atoms with E-state index in [0.29, 0.717) is 23.7 Å². The van der Waals surface area contributed by atoms with Gasteiger partial charge in [0.25, 0.3) is 10.0 Å². The van der Waals surface area contributed by atoms with E-state index in [1.54, 1.807) is 29.6 Å². The molecule has 0 unspecified atom stereocenters. The molecular weight excluding hydrogens is 310 g/mol. The summed E-state index contributed by atoms with van der Waals surface area (Å²) >= 11 is 1.14. The van der Waals surface area contributed by atoms with Gasteiger partial charge in [-0.05, 0) is 42.1 Å². The van der Waals surface area contributed by atoms with Crippen LogP contribution in [0.3, 0.4) is 0 Å². The van der Waals surface area contributed by atoms with Crippen molar-refractivity contribution in [1.82, 2.24) is 0 Å². The minimum absolute atomic E-state index is 0.219. The van der Waals surface area contributed by atoms with E-state index in [1.807, 2.05) is 6.92 Å². The standard InChI is InChI=1S/C14H15NO4S2/c1-3-19-12-7-6-11(9-13(12)18-2)10-15-21(16,17)14-5-4-8-20-14/h4-10H,3H2,1-2H3/b15-10-. The molecule has 0 fully saturated rings. The lowest BCUT2D eigenvalue weighted by Gasteiger charge is -2.09. The van der Waals surface area contributed by atoms with Crippen LogP contribution in [-0.4, -0.2) is 28.3 Å². The highest BCUT2D eigenvalue weighted by molar-refractivity contribution is 7.92. The first-order chi connectivity index (χ1) is 10.1. The Balaban J connectivity index is 2.26. The summed E-state index contributed by atoms with van der Waals surface area (Å²) in [6.45, 7) is 2.40. The molecule has 0 aliphatic heterocycles. The van der Waals surface area contributed by atoms with Crippen molar-refractivity contribution >= 4 is 27.6 Å². The van der Waals surface area contributed by atoms with Crippen molar-refractivity contribution in [2.75, 3.05) is 13.7 Å². The summed E-state index contributed by atoms with van der Waals surface area (Å²) in [5, 5.41) is 1.70. The molecule has 0 bridgehead atoms. The Hall–Kier alpha value is -1.86. The molecule has 0 spiro atoms. The van der Waals surface area contributed by atoms with E-state index in [2.05, 4.69) is 4.40 Å². The molecule has 2 aromatic rings. The maximum absolute atomic E-state index is 11.9. The maximum atomic E-state index is 11.9. The van der Waals surface area contributed by atoms with E-state index < -0.39 is 10.0 Å². The van der Waals surface area contributed by atoms with Crippen LogP contribution in [0.15, 0.2) is 44.3 Å². The average molecular weight is 325 g/mol. The van der Waals surface area contributed by atoms with Crippen molar-refractivity contribution in [1.29, 1.82) is 0 Å². The number of ether oxygens (including phenoxy) is 2. The fourth-order valence-corrected chi connectivity index (χ4v) is 3.48. The van der Waals surface area contributed by atoms with Crippen molar-refractivity contribution in [3.63, 3.8) is 0 Å². The number of thiophene rings is 1. The molecule has 0 N–H and O–H groups in total. The first kappa shape index (κ1) is 15.5. The SMILES string of the molecule is CCOc1ccc(/C=N\S(=O)(=O)c2cccs2)cc1OC. The number of benzene rings is 1. The fraction of sp³-hybridized carbons (Fsp3) is 0.214. The fourth-order valence-electron chi connectivity index (χ4n) is 1.63. The molecule has 0 aliphatic rings. The molecule has 1 aromatic carbocycles. The molecule has 0 aliphatic carbocycles. The second-order valence-electron chi connectivity index (χ2n) is 3.98. The third-order valence-electron chi connectivity index (χ3n) is 2.58. The van der Waals surface area contributed by atoms with Gasteiger partial charge in [-0.3, -0.25) is 0 Å². The van der Waals surface area contributed by atoms with Gasteiger partial charge in [-0.25, -0.2) is 0 Å². The highest BCUT2D eigenvalue weighted by Gasteiger charge is 2.12. The van der Waals surface area contributed by atoms with Crippen LogP contribution in [0.1, 0.15) is 12.5 Å². The van der Waals surface area contributed by atoms with Gasteiger partial charge >= 0.3 is 0 Å². The van der Waals surface area contributed by atoms with E-state index in [9.17, 15) is 8.42 Å². The second-order valence-corrected chi connectivity index (χ2v) is 6.79. The van der Waals surface area contributed by atoms with Gasteiger partial charge in [0.2, 0.25) is 0 Å². The molecule has 1 heterocycles. The minimum Gasteiger partial charge on any atom is -0.493 e. The smallest absolute Gasteiger partial charge is 0.291 e. The predicted octanol–water partition coefficient (Wildman–Crippen LogP) is 2.96. The number of methoxy groups -OCH3 is 1. The van der Waals surface area contributed by atoms with E-state index in [0.717, 1.165) is 11.3 Å². The number of rotatable bonds is 6. The molecule has 5 nitrogen and oxygen atoms in total. The van der Waals surface area contributed by atoms with Gasteiger partial charge < -0.3 is 9.47 Å². The lowest BCUT2D eigenvalue weighted by Crippen LogP contribution is -1.97. The summed E-state index contributed by atoms with van der Waals surface area (Å²) in [5.41, 5.74) is 0.621. The predicted molar refractivity (Wildman–Crippen MR) is 83.3 cm³/mol. The number of hydrogen-bond acceptors (Lipinski definition) is 5. The van der Waals surface area contributed by atoms with Gasteiger partial charge in [0, 0.05) is 6.21 Å². The molecule has 7 heteroatoms. The monoisotopic (exact) mass is 325 g/mol. The third-order valence-corrected chi connectivity index (χ3v) is 5.19. The lowest BCUT2D eigenvalue weighted by molar-refractivity contribution is 0.311. The van der Waals surface area contributed by atoms with Crippen molar-refractivity contribution in [2.45, 2.75) is 11.1 Å². The van der Waals surface area contributed by atoms with E-state index >= 15 is 0 Å². The van der Waals surface area contributed by atoms with Crippen LogP contribution >= 0.6 is 11.3 Å². The minimum atomic E-state index is -3.64. The summed E-state index contributed by atoms with van der Waals surface area (Å²) in [6.07, 6.45) is 1.30.